The van der Waals surface area contributed by atoms with Crippen LogP contribution in [0.5, 0.6) is 0 Å². The number of halogens is 1. The number of aryl methyl sites for hydroxylation is 2. The minimum absolute atomic E-state index is 0.196. The van der Waals surface area contributed by atoms with Crippen LogP contribution in [0.4, 0.5) is 4.39 Å². The SMILES string of the molecule is CCNC(=NCc1ncnn1C)NCCc1ccc(F)cc1C. The van der Waals surface area contributed by atoms with Crippen LogP contribution in [0.1, 0.15) is 23.9 Å². The number of aliphatic imine (C=N–C) groups is 1. The Morgan fingerprint density at radius 1 is 1.35 bits per heavy atom. The normalized spacial score (nSPS) is 11.6. The molecule has 7 heteroatoms. The van der Waals surface area contributed by atoms with Gasteiger partial charge in [0.05, 0.1) is 0 Å². The summed E-state index contributed by atoms with van der Waals surface area (Å²) in [5, 5.41) is 10.5. The second-order valence-corrected chi connectivity index (χ2v) is 5.24. The van der Waals surface area contributed by atoms with Crippen molar-refractivity contribution in [1.29, 1.82) is 0 Å². The molecule has 0 aliphatic rings. The van der Waals surface area contributed by atoms with Crippen molar-refractivity contribution in [2.24, 2.45) is 12.0 Å². The summed E-state index contributed by atoms with van der Waals surface area (Å²) >= 11 is 0. The standard InChI is InChI=1S/C16H23FN6/c1-4-18-16(20-10-15-21-11-22-23(15)3)19-8-7-13-5-6-14(17)9-12(13)2/h5-6,9,11H,4,7-8,10H2,1-3H3,(H2,18,19,20). The molecule has 0 saturated carbocycles. The third-order valence-electron chi connectivity index (χ3n) is 3.52. The van der Waals surface area contributed by atoms with Gasteiger partial charge in [0.25, 0.3) is 0 Å². The van der Waals surface area contributed by atoms with E-state index in [1.807, 2.05) is 27.0 Å². The fraction of sp³-hybridized carbons (Fsp3) is 0.438. The summed E-state index contributed by atoms with van der Waals surface area (Å²) in [4.78, 5) is 8.64. The molecule has 1 heterocycles. The van der Waals surface area contributed by atoms with Gasteiger partial charge in [0, 0.05) is 20.1 Å². The highest BCUT2D eigenvalue weighted by Gasteiger charge is 2.03. The van der Waals surface area contributed by atoms with E-state index in [1.165, 1.54) is 12.4 Å². The zero-order valence-corrected chi connectivity index (χ0v) is 13.8. The fourth-order valence-corrected chi connectivity index (χ4v) is 2.21. The van der Waals surface area contributed by atoms with Gasteiger partial charge in [-0.3, -0.25) is 4.68 Å². The molecular weight excluding hydrogens is 295 g/mol. The molecule has 124 valence electrons. The van der Waals surface area contributed by atoms with Gasteiger partial charge in [-0.25, -0.2) is 14.4 Å². The molecule has 0 amide bonds. The predicted molar refractivity (Wildman–Crippen MR) is 88.7 cm³/mol. The van der Waals surface area contributed by atoms with Crippen LogP contribution in [0.25, 0.3) is 0 Å². The Morgan fingerprint density at radius 2 is 2.17 bits per heavy atom. The number of hydrogen-bond acceptors (Lipinski definition) is 3. The summed E-state index contributed by atoms with van der Waals surface area (Å²) in [6.07, 6.45) is 2.32. The van der Waals surface area contributed by atoms with Gasteiger partial charge in [0.2, 0.25) is 0 Å². The van der Waals surface area contributed by atoms with Gasteiger partial charge >= 0.3 is 0 Å². The van der Waals surface area contributed by atoms with Crippen LogP contribution in [-0.2, 0) is 20.0 Å². The van der Waals surface area contributed by atoms with Crippen molar-refractivity contribution in [1.82, 2.24) is 25.4 Å². The molecule has 0 aliphatic carbocycles. The Morgan fingerprint density at radius 3 is 2.83 bits per heavy atom. The number of nitrogens with zero attached hydrogens (tertiary/aromatic N) is 4. The van der Waals surface area contributed by atoms with Crippen LogP contribution in [0, 0.1) is 12.7 Å². The maximum absolute atomic E-state index is 13.1. The van der Waals surface area contributed by atoms with E-state index in [9.17, 15) is 4.39 Å². The molecule has 0 unspecified atom stereocenters. The van der Waals surface area contributed by atoms with Crippen molar-refractivity contribution in [3.63, 3.8) is 0 Å². The molecule has 0 fully saturated rings. The van der Waals surface area contributed by atoms with Gasteiger partial charge in [-0.15, -0.1) is 0 Å². The maximum Gasteiger partial charge on any atom is 0.191 e. The Kier molecular flexibility index (Phi) is 6.08. The van der Waals surface area contributed by atoms with E-state index in [1.54, 1.807) is 10.7 Å². The zero-order chi connectivity index (χ0) is 16.7. The molecule has 6 nitrogen and oxygen atoms in total. The molecule has 0 bridgehead atoms. The number of rotatable bonds is 6. The van der Waals surface area contributed by atoms with E-state index in [-0.39, 0.29) is 5.82 Å². The highest BCUT2D eigenvalue weighted by molar-refractivity contribution is 5.79. The van der Waals surface area contributed by atoms with E-state index in [4.69, 9.17) is 0 Å². The highest BCUT2D eigenvalue weighted by Crippen LogP contribution is 2.10. The van der Waals surface area contributed by atoms with E-state index in [0.29, 0.717) is 6.54 Å². The van der Waals surface area contributed by atoms with Crippen molar-refractivity contribution in [3.8, 4) is 0 Å². The lowest BCUT2D eigenvalue weighted by atomic mass is 10.1. The Hall–Kier alpha value is -2.44. The summed E-state index contributed by atoms with van der Waals surface area (Å²) < 4.78 is 14.8. The number of hydrogen-bond donors (Lipinski definition) is 2. The molecule has 2 rings (SSSR count). The van der Waals surface area contributed by atoms with Crippen molar-refractivity contribution in [2.75, 3.05) is 13.1 Å². The second kappa shape index (κ2) is 8.26. The molecule has 2 aromatic rings. The number of nitrogens with one attached hydrogen (secondary N) is 2. The number of benzene rings is 1. The first-order chi connectivity index (χ1) is 11.1. The molecule has 23 heavy (non-hydrogen) atoms. The lowest BCUT2D eigenvalue weighted by Crippen LogP contribution is -2.38. The topological polar surface area (TPSA) is 67.1 Å². The van der Waals surface area contributed by atoms with Crippen molar-refractivity contribution >= 4 is 5.96 Å². The van der Waals surface area contributed by atoms with Crippen LogP contribution in [-0.4, -0.2) is 33.8 Å². The summed E-state index contributed by atoms with van der Waals surface area (Å²) in [5.41, 5.74) is 2.09. The Balaban J connectivity index is 1.90. The molecule has 0 radical (unpaired) electrons. The maximum atomic E-state index is 13.1. The summed E-state index contributed by atoms with van der Waals surface area (Å²) in [6, 6.07) is 4.88. The molecule has 2 N–H and O–H groups in total. The van der Waals surface area contributed by atoms with Gasteiger partial charge in [0.15, 0.2) is 5.96 Å². The average molecular weight is 318 g/mol. The number of guanidine groups is 1. The van der Waals surface area contributed by atoms with E-state index in [0.717, 1.165) is 42.4 Å². The molecule has 0 spiro atoms. The Labute approximate surface area is 135 Å². The van der Waals surface area contributed by atoms with Crippen LogP contribution < -0.4 is 10.6 Å². The molecular formula is C16H23FN6. The number of aromatic nitrogens is 3. The molecule has 0 saturated heterocycles. The zero-order valence-electron chi connectivity index (χ0n) is 13.8. The van der Waals surface area contributed by atoms with Gasteiger partial charge in [-0.1, -0.05) is 6.07 Å². The van der Waals surface area contributed by atoms with E-state index < -0.39 is 0 Å². The summed E-state index contributed by atoms with van der Waals surface area (Å²) in [7, 11) is 1.84. The third-order valence-corrected chi connectivity index (χ3v) is 3.52. The summed E-state index contributed by atoms with van der Waals surface area (Å²) in [6.45, 7) is 5.90. The molecule has 0 aliphatic heterocycles. The minimum Gasteiger partial charge on any atom is -0.357 e. The predicted octanol–water partition coefficient (Wildman–Crippen LogP) is 1.56. The largest absolute Gasteiger partial charge is 0.357 e. The first kappa shape index (κ1) is 16.9. The van der Waals surface area contributed by atoms with Gasteiger partial charge < -0.3 is 10.6 Å². The van der Waals surface area contributed by atoms with E-state index in [2.05, 4.69) is 25.7 Å². The van der Waals surface area contributed by atoms with Gasteiger partial charge in [0.1, 0.15) is 24.5 Å². The first-order valence-electron chi connectivity index (χ1n) is 7.70. The lowest BCUT2D eigenvalue weighted by Gasteiger charge is -2.12. The van der Waals surface area contributed by atoms with Crippen LogP contribution >= 0.6 is 0 Å². The van der Waals surface area contributed by atoms with Crippen LogP contribution in [0.2, 0.25) is 0 Å². The quantitative estimate of drug-likeness (QED) is 0.626. The van der Waals surface area contributed by atoms with E-state index >= 15 is 0 Å². The van der Waals surface area contributed by atoms with Crippen LogP contribution in [0.15, 0.2) is 29.5 Å². The molecule has 0 atom stereocenters. The van der Waals surface area contributed by atoms with Gasteiger partial charge in [-0.05, 0) is 43.5 Å². The smallest absolute Gasteiger partial charge is 0.191 e. The second-order valence-electron chi connectivity index (χ2n) is 5.24. The Bertz CT molecular complexity index is 664. The van der Waals surface area contributed by atoms with Crippen molar-refractivity contribution in [3.05, 3.63) is 47.3 Å². The molecule has 1 aromatic heterocycles. The van der Waals surface area contributed by atoms with Crippen molar-refractivity contribution < 1.29 is 4.39 Å². The highest BCUT2D eigenvalue weighted by atomic mass is 19.1. The third kappa shape index (κ3) is 5.05. The first-order valence-corrected chi connectivity index (χ1v) is 7.70. The summed E-state index contributed by atoms with van der Waals surface area (Å²) in [5.74, 6) is 1.34. The lowest BCUT2D eigenvalue weighted by molar-refractivity contribution is 0.625. The fourth-order valence-electron chi connectivity index (χ4n) is 2.21. The monoisotopic (exact) mass is 318 g/mol. The molecule has 1 aromatic carbocycles. The van der Waals surface area contributed by atoms with Crippen LogP contribution in [0.3, 0.4) is 0 Å². The average Bonchev–Trinajstić information content (AvgIpc) is 2.92. The van der Waals surface area contributed by atoms with Crippen molar-refractivity contribution in [2.45, 2.75) is 26.8 Å². The minimum atomic E-state index is -0.196. The van der Waals surface area contributed by atoms with Gasteiger partial charge in [-0.2, -0.15) is 5.10 Å².